The summed E-state index contributed by atoms with van der Waals surface area (Å²) in [6.45, 7) is 0. The number of halogens is 1. The third-order valence-corrected chi connectivity index (χ3v) is 2.56. The Morgan fingerprint density at radius 3 is 3.00 bits per heavy atom. The van der Waals surface area contributed by atoms with Crippen LogP contribution >= 0.6 is 27.3 Å². The molecule has 0 saturated carbocycles. The van der Waals surface area contributed by atoms with Crippen molar-refractivity contribution < 1.29 is 9.53 Å². The Balaban J connectivity index is 2.93. The molecule has 5 heteroatoms. The average Bonchev–Trinajstić information content (AvgIpc) is 2.34. The van der Waals surface area contributed by atoms with Gasteiger partial charge in [0.05, 0.1) is 12.6 Å². The van der Waals surface area contributed by atoms with E-state index in [1.807, 2.05) is 0 Å². The Bertz CT molecular complexity index is 248. The second-order valence-electron chi connectivity index (χ2n) is 1.46. The van der Waals surface area contributed by atoms with Crippen molar-refractivity contribution in [2.75, 3.05) is 7.11 Å². The molecule has 0 bridgehead atoms. The molecule has 1 aromatic heterocycles. The molecule has 0 radical (unpaired) electrons. The summed E-state index contributed by atoms with van der Waals surface area (Å²) in [5.74, 6) is -0.352. The molecular weight excluding hydrogens is 218 g/mol. The molecule has 0 N–H and O–H groups in total. The quantitative estimate of drug-likeness (QED) is 0.678. The van der Waals surface area contributed by atoms with Crippen LogP contribution in [0.5, 0.6) is 0 Å². The van der Waals surface area contributed by atoms with Crippen molar-refractivity contribution in [3.8, 4) is 0 Å². The summed E-state index contributed by atoms with van der Waals surface area (Å²) in [6, 6.07) is 0. The van der Waals surface area contributed by atoms with Crippen LogP contribution in [-0.4, -0.2) is 18.1 Å². The largest absolute Gasteiger partial charge is 0.465 e. The van der Waals surface area contributed by atoms with E-state index >= 15 is 0 Å². The van der Waals surface area contributed by atoms with Gasteiger partial charge in [0.25, 0.3) is 0 Å². The summed E-state index contributed by atoms with van der Waals surface area (Å²) >= 11 is 4.36. The Morgan fingerprint density at radius 1 is 1.90 bits per heavy atom. The standard InChI is InChI=1S/C5H4BrNO2S/c1-9-5(8)3-4(6)7-2-10-3/h2H,1H3. The van der Waals surface area contributed by atoms with E-state index in [1.165, 1.54) is 18.4 Å². The molecule has 0 aromatic carbocycles. The van der Waals surface area contributed by atoms with Gasteiger partial charge in [0.2, 0.25) is 0 Å². The highest BCUT2D eigenvalue weighted by Gasteiger charge is 2.11. The van der Waals surface area contributed by atoms with Gasteiger partial charge in [0.1, 0.15) is 9.48 Å². The number of thiazole rings is 1. The molecule has 0 aliphatic heterocycles. The van der Waals surface area contributed by atoms with Gasteiger partial charge in [-0.15, -0.1) is 11.3 Å². The van der Waals surface area contributed by atoms with Crippen LogP contribution < -0.4 is 0 Å². The van der Waals surface area contributed by atoms with Crippen LogP contribution in [0.3, 0.4) is 0 Å². The molecule has 0 saturated heterocycles. The lowest BCUT2D eigenvalue weighted by atomic mass is 10.6. The van der Waals surface area contributed by atoms with Gasteiger partial charge in [0.15, 0.2) is 0 Å². The van der Waals surface area contributed by atoms with Gasteiger partial charge in [-0.05, 0) is 15.9 Å². The van der Waals surface area contributed by atoms with Gasteiger partial charge in [-0.25, -0.2) is 9.78 Å². The maximum atomic E-state index is 10.8. The SMILES string of the molecule is COC(=O)c1scnc1Br. The summed E-state index contributed by atoms with van der Waals surface area (Å²) in [4.78, 5) is 15.1. The number of carbonyl (C=O) groups excluding carboxylic acids is 1. The first-order valence-corrected chi connectivity index (χ1v) is 4.10. The van der Waals surface area contributed by atoms with Crippen molar-refractivity contribution in [3.63, 3.8) is 0 Å². The number of aromatic nitrogens is 1. The minimum absolute atomic E-state index is 0.352. The van der Waals surface area contributed by atoms with E-state index in [9.17, 15) is 4.79 Å². The molecule has 3 nitrogen and oxygen atoms in total. The second kappa shape index (κ2) is 3.12. The highest BCUT2D eigenvalue weighted by molar-refractivity contribution is 9.10. The van der Waals surface area contributed by atoms with Gasteiger partial charge in [-0.1, -0.05) is 0 Å². The molecule has 0 aliphatic rings. The molecule has 0 amide bonds. The fourth-order valence-electron chi connectivity index (χ4n) is 0.458. The maximum Gasteiger partial charge on any atom is 0.350 e. The normalized spacial score (nSPS) is 9.40. The number of nitrogens with zero attached hydrogens (tertiary/aromatic N) is 1. The van der Waals surface area contributed by atoms with Crippen LogP contribution in [0, 0.1) is 0 Å². The maximum absolute atomic E-state index is 10.8. The molecule has 54 valence electrons. The number of carbonyl (C=O) groups is 1. The van der Waals surface area contributed by atoms with Gasteiger partial charge in [-0.3, -0.25) is 0 Å². The highest BCUT2D eigenvalue weighted by atomic mass is 79.9. The Morgan fingerprint density at radius 2 is 2.60 bits per heavy atom. The summed E-state index contributed by atoms with van der Waals surface area (Å²) in [7, 11) is 1.34. The zero-order valence-corrected chi connectivity index (χ0v) is 7.53. The van der Waals surface area contributed by atoms with Gasteiger partial charge >= 0.3 is 5.97 Å². The zero-order chi connectivity index (χ0) is 7.56. The van der Waals surface area contributed by atoms with Gasteiger partial charge < -0.3 is 4.74 Å². The predicted octanol–water partition coefficient (Wildman–Crippen LogP) is 1.69. The number of esters is 1. The van der Waals surface area contributed by atoms with Gasteiger partial charge in [-0.2, -0.15) is 0 Å². The van der Waals surface area contributed by atoms with E-state index in [4.69, 9.17) is 0 Å². The van der Waals surface area contributed by atoms with Crippen LogP contribution in [0.15, 0.2) is 10.1 Å². The van der Waals surface area contributed by atoms with E-state index in [0.717, 1.165) is 0 Å². The third kappa shape index (κ3) is 1.35. The average molecular weight is 222 g/mol. The molecule has 1 rings (SSSR count). The summed E-state index contributed by atoms with van der Waals surface area (Å²) in [6.07, 6.45) is 0. The van der Waals surface area contributed by atoms with Crippen molar-refractivity contribution in [1.29, 1.82) is 0 Å². The van der Waals surface area contributed by atoms with E-state index in [-0.39, 0.29) is 5.97 Å². The minimum atomic E-state index is -0.352. The highest BCUT2D eigenvalue weighted by Crippen LogP contribution is 2.19. The smallest absolute Gasteiger partial charge is 0.350 e. The molecule has 10 heavy (non-hydrogen) atoms. The predicted molar refractivity (Wildman–Crippen MR) is 41.2 cm³/mol. The lowest BCUT2D eigenvalue weighted by Crippen LogP contribution is -1.98. The Hall–Kier alpha value is -0.420. The number of hydrogen-bond acceptors (Lipinski definition) is 4. The topological polar surface area (TPSA) is 39.2 Å². The summed E-state index contributed by atoms with van der Waals surface area (Å²) in [5.41, 5.74) is 1.58. The first kappa shape index (κ1) is 7.68. The lowest BCUT2D eigenvalue weighted by molar-refractivity contribution is 0.0605. The summed E-state index contributed by atoms with van der Waals surface area (Å²) < 4.78 is 5.02. The van der Waals surface area contributed by atoms with Crippen molar-refractivity contribution in [3.05, 3.63) is 15.0 Å². The molecule has 0 fully saturated rings. The van der Waals surface area contributed by atoms with Crippen LogP contribution in [0.2, 0.25) is 0 Å². The molecule has 1 heterocycles. The van der Waals surface area contributed by atoms with Crippen molar-refractivity contribution in [2.45, 2.75) is 0 Å². The molecule has 0 unspecified atom stereocenters. The van der Waals surface area contributed by atoms with Crippen LogP contribution in [0.25, 0.3) is 0 Å². The first-order valence-electron chi connectivity index (χ1n) is 2.43. The van der Waals surface area contributed by atoms with Crippen LogP contribution in [-0.2, 0) is 4.74 Å². The van der Waals surface area contributed by atoms with Crippen LogP contribution in [0.1, 0.15) is 9.67 Å². The lowest BCUT2D eigenvalue weighted by Gasteiger charge is -1.92. The Kier molecular flexibility index (Phi) is 2.39. The number of ether oxygens (including phenoxy) is 1. The van der Waals surface area contributed by atoms with Crippen LogP contribution in [0.4, 0.5) is 0 Å². The fourth-order valence-corrected chi connectivity index (χ4v) is 1.73. The van der Waals surface area contributed by atoms with E-state index in [0.29, 0.717) is 9.48 Å². The molecule has 0 aliphatic carbocycles. The summed E-state index contributed by atoms with van der Waals surface area (Å²) in [5, 5.41) is 0. The first-order chi connectivity index (χ1) is 4.75. The third-order valence-electron chi connectivity index (χ3n) is 0.895. The second-order valence-corrected chi connectivity index (χ2v) is 3.07. The van der Waals surface area contributed by atoms with Crippen molar-refractivity contribution in [1.82, 2.24) is 4.98 Å². The van der Waals surface area contributed by atoms with Crippen molar-refractivity contribution >= 4 is 33.2 Å². The fraction of sp³-hybridized carbons (Fsp3) is 0.200. The van der Waals surface area contributed by atoms with Gasteiger partial charge in [0, 0.05) is 0 Å². The zero-order valence-electron chi connectivity index (χ0n) is 5.13. The number of hydrogen-bond donors (Lipinski definition) is 0. The minimum Gasteiger partial charge on any atom is -0.465 e. The monoisotopic (exact) mass is 221 g/mol. The van der Waals surface area contributed by atoms with E-state index in [1.54, 1.807) is 5.51 Å². The van der Waals surface area contributed by atoms with E-state index in [2.05, 4.69) is 25.7 Å². The van der Waals surface area contributed by atoms with E-state index < -0.39 is 0 Å². The Labute approximate surface area is 70.2 Å². The number of rotatable bonds is 1. The molecular formula is C5H4BrNO2S. The number of methoxy groups -OCH3 is 1. The molecule has 0 spiro atoms. The van der Waals surface area contributed by atoms with Crippen molar-refractivity contribution in [2.24, 2.45) is 0 Å². The molecule has 1 aromatic rings. The molecule has 0 atom stereocenters.